The molecule has 1 rings (SSSR count). The van der Waals surface area contributed by atoms with Crippen LogP contribution in [-0.4, -0.2) is 19.9 Å². The molecule has 0 N–H and O–H groups in total. The highest BCUT2D eigenvalue weighted by Gasteiger charge is 2.26. The molecule has 0 aromatic heterocycles. The van der Waals surface area contributed by atoms with E-state index in [9.17, 15) is 8.42 Å². The average molecular weight is 435 g/mol. The highest BCUT2D eigenvalue weighted by atomic mass is 79.9. The second-order valence-corrected chi connectivity index (χ2v) is 8.76. The zero-order valence-electron chi connectivity index (χ0n) is 8.75. The number of benzene rings is 1. The number of rotatable bonds is 3. The van der Waals surface area contributed by atoms with Gasteiger partial charge in [-0.1, -0.05) is 47.8 Å². The second kappa shape index (κ2) is 5.50. The largest absolute Gasteiger partial charge is 0.229 e. The fourth-order valence-corrected chi connectivity index (χ4v) is 4.51. The molecule has 0 saturated heterocycles. The third-order valence-electron chi connectivity index (χ3n) is 2.34. The van der Waals surface area contributed by atoms with Crippen molar-refractivity contribution in [2.45, 2.75) is 17.0 Å². The van der Waals surface area contributed by atoms with Crippen LogP contribution in [0.4, 0.5) is 0 Å². The van der Waals surface area contributed by atoms with E-state index in [0.29, 0.717) is 0 Å². The molecule has 0 heterocycles. The Bertz CT molecular complexity index is 485. The van der Waals surface area contributed by atoms with E-state index in [1.165, 1.54) is 6.26 Å². The van der Waals surface area contributed by atoms with E-state index in [2.05, 4.69) is 47.8 Å². The van der Waals surface area contributed by atoms with Crippen molar-refractivity contribution in [3.05, 3.63) is 32.7 Å². The van der Waals surface area contributed by atoms with E-state index >= 15 is 0 Å². The summed E-state index contributed by atoms with van der Waals surface area (Å²) in [6, 6.07) is 5.70. The zero-order valence-corrected chi connectivity index (χ0v) is 14.3. The highest BCUT2D eigenvalue weighted by Crippen LogP contribution is 2.36. The second-order valence-electron chi connectivity index (χ2n) is 3.60. The van der Waals surface area contributed by atoms with Gasteiger partial charge in [0.15, 0.2) is 9.84 Å². The lowest BCUT2D eigenvalue weighted by Gasteiger charge is -2.18. The molecule has 0 radical (unpaired) electrons. The Balaban J connectivity index is 3.14. The quantitative estimate of drug-likeness (QED) is 0.672. The lowest BCUT2D eigenvalue weighted by Crippen LogP contribution is -2.21. The lowest BCUT2D eigenvalue weighted by atomic mass is 10.1. The molecule has 0 fully saturated rings. The van der Waals surface area contributed by atoms with E-state index in [1.54, 1.807) is 6.92 Å². The Morgan fingerprint density at radius 3 is 2.31 bits per heavy atom. The summed E-state index contributed by atoms with van der Waals surface area (Å²) in [7, 11) is -3.06. The fourth-order valence-electron chi connectivity index (χ4n) is 1.20. The SMILES string of the molecule is CC(C(Br)c1cc(Br)ccc1Br)S(C)(=O)=O. The van der Waals surface area contributed by atoms with Crippen LogP contribution in [0, 0.1) is 0 Å². The molecular formula is C10H11Br3O2S. The van der Waals surface area contributed by atoms with Gasteiger partial charge in [-0.25, -0.2) is 8.42 Å². The standard InChI is InChI=1S/C10H11Br3O2S/c1-6(16(2,14)15)10(13)8-5-7(11)3-4-9(8)12/h3-6,10H,1-2H3. The van der Waals surface area contributed by atoms with E-state index in [0.717, 1.165) is 14.5 Å². The minimum absolute atomic E-state index is 0.227. The molecule has 0 aliphatic heterocycles. The van der Waals surface area contributed by atoms with Gasteiger partial charge in [0.25, 0.3) is 0 Å². The maximum Gasteiger partial charge on any atom is 0.151 e. The maximum atomic E-state index is 11.5. The van der Waals surface area contributed by atoms with E-state index < -0.39 is 15.1 Å². The van der Waals surface area contributed by atoms with Crippen LogP contribution in [0.1, 0.15) is 17.3 Å². The van der Waals surface area contributed by atoms with Gasteiger partial charge in [0.2, 0.25) is 0 Å². The molecule has 0 amide bonds. The Labute approximate surface area is 121 Å². The van der Waals surface area contributed by atoms with Crippen molar-refractivity contribution < 1.29 is 8.42 Å². The maximum absolute atomic E-state index is 11.5. The van der Waals surface area contributed by atoms with Crippen LogP contribution in [0.25, 0.3) is 0 Å². The van der Waals surface area contributed by atoms with Crippen molar-refractivity contribution >= 4 is 57.6 Å². The number of hydrogen-bond acceptors (Lipinski definition) is 2. The zero-order chi connectivity index (χ0) is 12.5. The number of sulfone groups is 1. The molecule has 16 heavy (non-hydrogen) atoms. The Kier molecular flexibility index (Phi) is 5.04. The molecule has 1 aromatic carbocycles. The summed E-state index contributed by atoms with van der Waals surface area (Å²) in [6.07, 6.45) is 1.25. The predicted molar refractivity (Wildman–Crippen MR) is 77.8 cm³/mol. The average Bonchev–Trinajstić information content (AvgIpc) is 2.18. The number of hydrogen-bond donors (Lipinski definition) is 0. The first kappa shape index (κ1) is 14.7. The van der Waals surface area contributed by atoms with Gasteiger partial charge < -0.3 is 0 Å². The summed E-state index contributed by atoms with van der Waals surface area (Å²) in [5, 5.41) is -0.474. The topological polar surface area (TPSA) is 34.1 Å². The lowest BCUT2D eigenvalue weighted by molar-refractivity contribution is 0.588. The van der Waals surface area contributed by atoms with Crippen molar-refractivity contribution in [3.8, 4) is 0 Å². The third-order valence-corrected chi connectivity index (χ3v) is 6.82. The molecule has 90 valence electrons. The minimum Gasteiger partial charge on any atom is -0.229 e. The predicted octanol–water partition coefficient (Wildman–Crippen LogP) is 4.08. The van der Waals surface area contributed by atoms with E-state index in [4.69, 9.17) is 0 Å². The first-order chi connectivity index (χ1) is 7.23. The molecule has 2 atom stereocenters. The normalized spacial score (nSPS) is 15.8. The fraction of sp³-hybridized carbons (Fsp3) is 0.400. The van der Waals surface area contributed by atoms with E-state index in [1.807, 2.05) is 18.2 Å². The smallest absolute Gasteiger partial charge is 0.151 e. The van der Waals surface area contributed by atoms with E-state index in [-0.39, 0.29) is 4.83 Å². The third kappa shape index (κ3) is 3.55. The molecule has 2 nitrogen and oxygen atoms in total. The summed E-state index contributed by atoms with van der Waals surface area (Å²) in [5.41, 5.74) is 0.923. The van der Waals surface area contributed by atoms with Gasteiger partial charge in [0.1, 0.15) is 0 Å². The molecule has 0 aliphatic rings. The monoisotopic (exact) mass is 432 g/mol. The molecular weight excluding hydrogens is 424 g/mol. The Hall–Kier alpha value is 0.610. The van der Waals surface area contributed by atoms with Gasteiger partial charge >= 0.3 is 0 Å². The van der Waals surface area contributed by atoms with Crippen LogP contribution in [0.2, 0.25) is 0 Å². The minimum atomic E-state index is -3.06. The van der Waals surface area contributed by atoms with Crippen LogP contribution in [0.5, 0.6) is 0 Å². The summed E-state index contributed by atoms with van der Waals surface area (Å²) in [6.45, 7) is 1.70. The number of halogens is 3. The summed E-state index contributed by atoms with van der Waals surface area (Å²) < 4.78 is 24.8. The van der Waals surface area contributed by atoms with Gasteiger partial charge in [-0.15, -0.1) is 0 Å². The first-order valence-corrected chi connectivity index (χ1v) is 8.97. The number of alkyl halides is 1. The van der Waals surface area contributed by atoms with Crippen molar-refractivity contribution in [2.24, 2.45) is 0 Å². The Morgan fingerprint density at radius 1 is 1.25 bits per heavy atom. The van der Waals surface area contributed by atoms with Crippen LogP contribution in [0.15, 0.2) is 27.1 Å². The highest BCUT2D eigenvalue weighted by molar-refractivity contribution is 9.11. The van der Waals surface area contributed by atoms with Crippen molar-refractivity contribution in [1.29, 1.82) is 0 Å². The van der Waals surface area contributed by atoms with Gasteiger partial charge in [0.05, 0.1) is 10.1 Å². The van der Waals surface area contributed by atoms with Crippen molar-refractivity contribution in [3.63, 3.8) is 0 Å². The molecule has 1 aromatic rings. The van der Waals surface area contributed by atoms with Crippen molar-refractivity contribution in [1.82, 2.24) is 0 Å². The van der Waals surface area contributed by atoms with Crippen LogP contribution >= 0.6 is 47.8 Å². The van der Waals surface area contributed by atoms with Gasteiger partial charge in [-0.2, -0.15) is 0 Å². The molecule has 0 aliphatic carbocycles. The Morgan fingerprint density at radius 2 is 1.81 bits per heavy atom. The molecule has 0 spiro atoms. The van der Waals surface area contributed by atoms with Crippen LogP contribution in [-0.2, 0) is 9.84 Å². The van der Waals surface area contributed by atoms with Crippen LogP contribution in [0.3, 0.4) is 0 Å². The van der Waals surface area contributed by atoms with Gasteiger partial charge in [0, 0.05) is 15.2 Å². The molecule has 6 heteroatoms. The molecule has 2 unspecified atom stereocenters. The summed E-state index contributed by atoms with van der Waals surface area (Å²) in [5.74, 6) is 0. The summed E-state index contributed by atoms with van der Waals surface area (Å²) >= 11 is 10.2. The molecule has 0 saturated carbocycles. The van der Waals surface area contributed by atoms with Gasteiger partial charge in [-0.05, 0) is 30.7 Å². The van der Waals surface area contributed by atoms with Crippen molar-refractivity contribution in [2.75, 3.05) is 6.26 Å². The van der Waals surface area contributed by atoms with Gasteiger partial charge in [-0.3, -0.25) is 0 Å². The summed E-state index contributed by atoms with van der Waals surface area (Å²) in [4.78, 5) is -0.227. The first-order valence-electron chi connectivity index (χ1n) is 4.51. The molecule has 0 bridgehead atoms. The van der Waals surface area contributed by atoms with Crippen LogP contribution < -0.4 is 0 Å².